The van der Waals surface area contributed by atoms with Crippen molar-refractivity contribution >= 4 is 50.9 Å². The van der Waals surface area contributed by atoms with Crippen molar-refractivity contribution in [3.8, 4) is 0 Å². The van der Waals surface area contributed by atoms with Gasteiger partial charge in [-0.15, -0.1) is 11.3 Å². The minimum Gasteiger partial charge on any atom is -0.354 e. The summed E-state index contributed by atoms with van der Waals surface area (Å²) in [6.45, 7) is 0.613. The zero-order valence-electron chi connectivity index (χ0n) is 14.9. The van der Waals surface area contributed by atoms with Crippen molar-refractivity contribution in [2.75, 3.05) is 13.1 Å². The number of nitrogens with one attached hydrogen (secondary N) is 2. The van der Waals surface area contributed by atoms with Gasteiger partial charge < -0.3 is 10.6 Å². The monoisotopic (exact) mass is 416 g/mol. The summed E-state index contributed by atoms with van der Waals surface area (Å²) in [6.07, 6.45) is 3.28. The summed E-state index contributed by atoms with van der Waals surface area (Å²) >= 11 is 7.86. The number of benzene rings is 2. The standard InChI is InChI=1S/C21H18ClFN2O2S/c22-21-16-3-1-2-4-17(16)28-18(21)9-10-19(26)24-11-12-25-20(27)13-14-5-7-15(23)8-6-14/h1-10H,11-13H2,(H,24,26)(H,25,27)/b10-9+. The van der Waals surface area contributed by atoms with Crippen molar-refractivity contribution < 1.29 is 14.0 Å². The zero-order valence-corrected chi connectivity index (χ0v) is 16.4. The van der Waals surface area contributed by atoms with Crippen LogP contribution >= 0.6 is 22.9 Å². The van der Waals surface area contributed by atoms with Gasteiger partial charge in [-0.2, -0.15) is 0 Å². The molecular formula is C21H18ClFN2O2S. The predicted molar refractivity (Wildman–Crippen MR) is 112 cm³/mol. The van der Waals surface area contributed by atoms with E-state index in [1.165, 1.54) is 29.5 Å². The lowest BCUT2D eigenvalue weighted by atomic mass is 10.1. The Morgan fingerprint density at radius 1 is 1.04 bits per heavy atom. The molecule has 0 bridgehead atoms. The molecule has 1 aromatic heterocycles. The van der Waals surface area contributed by atoms with Crippen LogP contribution in [0, 0.1) is 5.82 Å². The Bertz CT molecular complexity index is 1010. The third-order valence-electron chi connectivity index (χ3n) is 3.97. The Balaban J connectivity index is 1.41. The number of thiophene rings is 1. The molecule has 0 spiro atoms. The summed E-state index contributed by atoms with van der Waals surface area (Å²) < 4.78 is 13.9. The smallest absolute Gasteiger partial charge is 0.244 e. The predicted octanol–water partition coefficient (Wildman–Crippen LogP) is 4.18. The van der Waals surface area contributed by atoms with Crippen LogP contribution in [0.1, 0.15) is 10.4 Å². The fourth-order valence-electron chi connectivity index (χ4n) is 2.59. The van der Waals surface area contributed by atoms with E-state index in [-0.39, 0.29) is 24.1 Å². The summed E-state index contributed by atoms with van der Waals surface area (Å²) in [4.78, 5) is 24.6. The molecule has 144 valence electrons. The minimum absolute atomic E-state index is 0.165. The van der Waals surface area contributed by atoms with Crippen LogP contribution in [0.4, 0.5) is 4.39 Å². The number of rotatable bonds is 7. The Kier molecular flexibility index (Phi) is 6.79. The average molecular weight is 417 g/mol. The quantitative estimate of drug-likeness (QED) is 0.448. The highest BCUT2D eigenvalue weighted by Gasteiger charge is 2.08. The van der Waals surface area contributed by atoms with E-state index in [1.54, 1.807) is 18.2 Å². The van der Waals surface area contributed by atoms with Gasteiger partial charge in [0.1, 0.15) is 5.82 Å². The maximum atomic E-state index is 12.8. The van der Waals surface area contributed by atoms with E-state index in [0.717, 1.165) is 20.5 Å². The number of amides is 2. The summed E-state index contributed by atoms with van der Waals surface area (Å²) in [7, 11) is 0. The number of hydrogen-bond donors (Lipinski definition) is 2. The first-order valence-corrected chi connectivity index (χ1v) is 9.86. The van der Waals surface area contributed by atoms with Gasteiger partial charge in [-0.3, -0.25) is 9.59 Å². The lowest BCUT2D eigenvalue weighted by Crippen LogP contribution is -2.34. The van der Waals surface area contributed by atoms with Crippen LogP contribution < -0.4 is 10.6 Å². The molecule has 4 nitrogen and oxygen atoms in total. The molecule has 7 heteroatoms. The highest BCUT2D eigenvalue weighted by molar-refractivity contribution is 7.20. The molecule has 2 amide bonds. The van der Waals surface area contributed by atoms with Crippen molar-refractivity contribution in [1.82, 2.24) is 10.6 Å². The highest BCUT2D eigenvalue weighted by atomic mass is 35.5. The molecule has 0 unspecified atom stereocenters. The van der Waals surface area contributed by atoms with Crippen LogP contribution in [0.2, 0.25) is 5.02 Å². The van der Waals surface area contributed by atoms with Gasteiger partial charge in [0.2, 0.25) is 11.8 Å². The van der Waals surface area contributed by atoms with Crippen LogP contribution in [0.5, 0.6) is 0 Å². The maximum absolute atomic E-state index is 12.8. The van der Waals surface area contributed by atoms with Crippen LogP contribution in [0.15, 0.2) is 54.6 Å². The number of hydrogen-bond acceptors (Lipinski definition) is 3. The molecule has 2 aromatic carbocycles. The zero-order chi connectivity index (χ0) is 19.9. The Hall–Kier alpha value is -2.70. The van der Waals surface area contributed by atoms with Gasteiger partial charge in [-0.05, 0) is 29.8 Å². The van der Waals surface area contributed by atoms with Gasteiger partial charge in [0.25, 0.3) is 0 Å². The molecular weight excluding hydrogens is 399 g/mol. The van der Waals surface area contributed by atoms with E-state index >= 15 is 0 Å². The number of fused-ring (bicyclic) bond motifs is 1. The van der Waals surface area contributed by atoms with E-state index in [2.05, 4.69) is 10.6 Å². The summed E-state index contributed by atoms with van der Waals surface area (Å²) in [5.41, 5.74) is 0.728. The van der Waals surface area contributed by atoms with Gasteiger partial charge in [0, 0.05) is 34.1 Å². The SMILES string of the molecule is O=C(/C=C/c1sc2ccccc2c1Cl)NCCNC(=O)Cc1ccc(F)cc1. The van der Waals surface area contributed by atoms with Crippen molar-refractivity contribution in [3.05, 3.63) is 75.9 Å². The number of carbonyl (C=O) groups excluding carboxylic acids is 2. The van der Waals surface area contributed by atoms with Gasteiger partial charge in [0.05, 0.1) is 11.4 Å². The maximum Gasteiger partial charge on any atom is 0.244 e. The third kappa shape index (κ3) is 5.41. The summed E-state index contributed by atoms with van der Waals surface area (Å²) in [5.74, 6) is -0.786. The second-order valence-corrected chi connectivity index (χ2v) is 7.52. The van der Waals surface area contributed by atoms with Gasteiger partial charge in [-0.25, -0.2) is 4.39 Å². The van der Waals surface area contributed by atoms with Crippen LogP contribution in [0.3, 0.4) is 0 Å². The molecule has 0 radical (unpaired) electrons. The van der Waals surface area contributed by atoms with Gasteiger partial charge in [-0.1, -0.05) is 41.9 Å². The second-order valence-electron chi connectivity index (χ2n) is 6.05. The molecule has 0 aliphatic heterocycles. The topological polar surface area (TPSA) is 58.2 Å². The molecule has 28 heavy (non-hydrogen) atoms. The van der Waals surface area contributed by atoms with Crippen LogP contribution in [-0.4, -0.2) is 24.9 Å². The number of carbonyl (C=O) groups is 2. The van der Waals surface area contributed by atoms with Crippen molar-refractivity contribution in [3.63, 3.8) is 0 Å². The Morgan fingerprint density at radius 3 is 2.50 bits per heavy atom. The second kappa shape index (κ2) is 9.48. The lowest BCUT2D eigenvalue weighted by molar-refractivity contribution is -0.121. The molecule has 0 saturated carbocycles. The first kappa shape index (κ1) is 20.0. The first-order valence-electron chi connectivity index (χ1n) is 8.67. The Labute approximate surface area is 171 Å². The van der Waals surface area contributed by atoms with Crippen molar-refractivity contribution in [2.45, 2.75) is 6.42 Å². The molecule has 0 aliphatic rings. The summed E-state index contributed by atoms with van der Waals surface area (Å²) in [5, 5.41) is 7.02. The van der Waals surface area contributed by atoms with E-state index in [4.69, 9.17) is 11.6 Å². The van der Waals surface area contributed by atoms with Crippen LogP contribution in [0.25, 0.3) is 16.2 Å². The first-order chi connectivity index (χ1) is 13.5. The van der Waals surface area contributed by atoms with E-state index in [1.807, 2.05) is 24.3 Å². The van der Waals surface area contributed by atoms with E-state index in [9.17, 15) is 14.0 Å². The Morgan fingerprint density at radius 2 is 1.75 bits per heavy atom. The molecule has 0 fully saturated rings. The molecule has 0 aliphatic carbocycles. The van der Waals surface area contributed by atoms with E-state index < -0.39 is 0 Å². The van der Waals surface area contributed by atoms with Crippen LogP contribution in [-0.2, 0) is 16.0 Å². The summed E-state index contributed by atoms with van der Waals surface area (Å²) in [6, 6.07) is 13.6. The normalized spacial score (nSPS) is 11.1. The minimum atomic E-state index is -0.336. The molecule has 1 heterocycles. The van der Waals surface area contributed by atoms with Gasteiger partial charge in [0.15, 0.2) is 0 Å². The molecule has 3 rings (SSSR count). The molecule has 0 saturated heterocycles. The highest BCUT2D eigenvalue weighted by Crippen LogP contribution is 2.35. The fourth-order valence-corrected chi connectivity index (χ4v) is 3.99. The van der Waals surface area contributed by atoms with Gasteiger partial charge >= 0.3 is 0 Å². The third-order valence-corrected chi connectivity index (χ3v) is 5.63. The van der Waals surface area contributed by atoms with E-state index in [0.29, 0.717) is 18.1 Å². The van der Waals surface area contributed by atoms with Crippen molar-refractivity contribution in [2.24, 2.45) is 0 Å². The molecule has 0 atom stereocenters. The molecule has 3 aromatic rings. The van der Waals surface area contributed by atoms with Crippen molar-refractivity contribution in [1.29, 1.82) is 0 Å². The lowest BCUT2D eigenvalue weighted by Gasteiger charge is -2.06. The number of halogens is 2. The molecule has 2 N–H and O–H groups in total. The largest absolute Gasteiger partial charge is 0.354 e. The fraction of sp³-hybridized carbons (Fsp3) is 0.143. The average Bonchev–Trinajstić information content (AvgIpc) is 3.01.